The molecule has 1 aromatic rings. The van der Waals surface area contributed by atoms with E-state index in [0.717, 1.165) is 19.2 Å². The maximum absolute atomic E-state index is 13.9. The van der Waals surface area contributed by atoms with Crippen LogP contribution < -0.4 is 5.32 Å². The Hall–Kier alpha value is -1.14. The van der Waals surface area contributed by atoms with E-state index in [2.05, 4.69) is 5.32 Å². The fourth-order valence-electron chi connectivity index (χ4n) is 3.03. The van der Waals surface area contributed by atoms with Crippen molar-refractivity contribution in [2.75, 3.05) is 26.2 Å². The summed E-state index contributed by atoms with van der Waals surface area (Å²) >= 11 is 0. The number of halogens is 4. The van der Waals surface area contributed by atoms with E-state index in [-0.39, 0.29) is 11.5 Å². The van der Waals surface area contributed by atoms with Crippen LogP contribution in [0.3, 0.4) is 0 Å². The quantitative estimate of drug-likeness (QED) is 0.849. The fraction of sp³-hybridized carbons (Fsp3) is 0.625. The van der Waals surface area contributed by atoms with Crippen LogP contribution >= 0.6 is 0 Å². The molecule has 1 atom stereocenters. The summed E-state index contributed by atoms with van der Waals surface area (Å²) < 4.78 is 53.8. The number of nitrogens with one attached hydrogen (secondary N) is 1. The number of piperazine rings is 1. The third-order valence-corrected chi connectivity index (χ3v) is 3.98. The molecule has 0 spiro atoms. The van der Waals surface area contributed by atoms with E-state index in [9.17, 15) is 17.6 Å². The van der Waals surface area contributed by atoms with Crippen LogP contribution in [0.25, 0.3) is 0 Å². The maximum Gasteiger partial charge on any atom is 0.419 e. The van der Waals surface area contributed by atoms with Gasteiger partial charge >= 0.3 is 6.18 Å². The number of hydrogen-bond acceptors (Lipinski definition) is 2. The van der Waals surface area contributed by atoms with Crippen molar-refractivity contribution in [3.05, 3.63) is 35.1 Å². The minimum absolute atomic E-state index is 0.0584. The molecule has 0 bridgehead atoms. The fourth-order valence-corrected chi connectivity index (χ4v) is 3.03. The third kappa shape index (κ3) is 3.98. The van der Waals surface area contributed by atoms with Gasteiger partial charge in [0.15, 0.2) is 0 Å². The molecule has 1 N–H and O–H groups in total. The van der Waals surface area contributed by atoms with Gasteiger partial charge in [0.1, 0.15) is 5.82 Å². The van der Waals surface area contributed by atoms with Crippen molar-refractivity contribution in [2.45, 2.75) is 32.5 Å². The molecule has 0 unspecified atom stereocenters. The lowest BCUT2D eigenvalue weighted by molar-refractivity contribution is -0.141. The molecule has 0 aliphatic carbocycles. The molecule has 2 nitrogen and oxygen atoms in total. The zero-order valence-electron chi connectivity index (χ0n) is 12.9. The molecule has 1 aliphatic rings. The smallest absolute Gasteiger partial charge is 0.314 e. The summed E-state index contributed by atoms with van der Waals surface area (Å²) in [6.07, 6.45) is -4.10. The normalized spacial score (nSPS) is 18.7. The zero-order valence-corrected chi connectivity index (χ0v) is 12.9. The Kier molecular flexibility index (Phi) is 5.45. The molecule has 0 saturated carbocycles. The van der Waals surface area contributed by atoms with Crippen LogP contribution in [0.15, 0.2) is 18.2 Å². The lowest BCUT2D eigenvalue weighted by atomic mass is 9.91. The van der Waals surface area contributed by atoms with Gasteiger partial charge in [-0.3, -0.25) is 4.90 Å². The molecular weight excluding hydrogens is 296 g/mol. The molecule has 22 heavy (non-hydrogen) atoms. The van der Waals surface area contributed by atoms with E-state index >= 15 is 0 Å². The predicted octanol–water partition coefficient (Wildman–Crippen LogP) is 3.84. The second-order valence-electron chi connectivity index (χ2n) is 6.13. The number of benzene rings is 1. The van der Waals surface area contributed by atoms with Crippen molar-refractivity contribution in [2.24, 2.45) is 5.92 Å². The molecule has 0 radical (unpaired) electrons. The molecule has 1 aromatic carbocycles. The highest BCUT2D eigenvalue weighted by Crippen LogP contribution is 2.40. The van der Waals surface area contributed by atoms with Crippen molar-refractivity contribution in [3.8, 4) is 0 Å². The summed E-state index contributed by atoms with van der Waals surface area (Å²) in [6, 6.07) is 3.27. The van der Waals surface area contributed by atoms with Gasteiger partial charge in [0.05, 0.1) is 5.56 Å². The topological polar surface area (TPSA) is 15.3 Å². The highest BCUT2D eigenvalue weighted by Gasteiger charge is 2.39. The third-order valence-electron chi connectivity index (χ3n) is 3.98. The van der Waals surface area contributed by atoms with Gasteiger partial charge in [-0.05, 0) is 24.0 Å². The second kappa shape index (κ2) is 6.96. The van der Waals surface area contributed by atoms with Crippen LogP contribution in [0.4, 0.5) is 17.6 Å². The number of hydrogen-bond donors (Lipinski definition) is 1. The number of rotatable bonds is 4. The van der Waals surface area contributed by atoms with Crippen molar-refractivity contribution in [3.63, 3.8) is 0 Å². The first-order chi connectivity index (χ1) is 10.3. The zero-order chi connectivity index (χ0) is 16.3. The Morgan fingerprint density at radius 2 is 1.82 bits per heavy atom. The number of nitrogens with zero attached hydrogens (tertiary/aromatic N) is 1. The van der Waals surface area contributed by atoms with E-state index in [0.29, 0.717) is 19.5 Å². The van der Waals surface area contributed by atoms with Crippen molar-refractivity contribution in [1.29, 1.82) is 0 Å². The highest BCUT2D eigenvalue weighted by atomic mass is 19.4. The summed E-state index contributed by atoms with van der Waals surface area (Å²) in [7, 11) is 0. The van der Waals surface area contributed by atoms with Gasteiger partial charge in [0.25, 0.3) is 0 Å². The van der Waals surface area contributed by atoms with Gasteiger partial charge in [0.2, 0.25) is 0 Å². The Balaban J connectivity index is 2.44. The van der Waals surface area contributed by atoms with E-state index in [4.69, 9.17) is 0 Å². The largest absolute Gasteiger partial charge is 0.419 e. The Labute approximate surface area is 128 Å². The van der Waals surface area contributed by atoms with Gasteiger partial charge in [-0.15, -0.1) is 0 Å². The summed E-state index contributed by atoms with van der Waals surface area (Å²) in [5.41, 5.74) is -1.05. The van der Waals surface area contributed by atoms with Crippen LogP contribution in [0.2, 0.25) is 0 Å². The SMILES string of the molecule is CC(C)C[C@H](c1cccc(F)c1C(F)(F)F)N1CCNCC1. The van der Waals surface area contributed by atoms with Gasteiger partial charge < -0.3 is 5.32 Å². The van der Waals surface area contributed by atoms with Crippen LogP contribution in [-0.2, 0) is 6.18 Å². The molecule has 0 aromatic heterocycles. The number of alkyl halides is 3. The van der Waals surface area contributed by atoms with Crippen LogP contribution in [0, 0.1) is 11.7 Å². The molecule has 6 heteroatoms. The lowest BCUT2D eigenvalue weighted by Crippen LogP contribution is -2.45. The van der Waals surface area contributed by atoms with E-state index in [1.165, 1.54) is 12.1 Å². The average Bonchev–Trinajstić information content (AvgIpc) is 2.44. The summed E-state index contributed by atoms with van der Waals surface area (Å²) in [4.78, 5) is 2.03. The average molecular weight is 318 g/mol. The molecule has 1 saturated heterocycles. The molecule has 1 fully saturated rings. The molecule has 1 heterocycles. The van der Waals surface area contributed by atoms with Crippen LogP contribution in [0.1, 0.15) is 37.4 Å². The van der Waals surface area contributed by atoms with Crippen molar-refractivity contribution < 1.29 is 17.6 Å². The Morgan fingerprint density at radius 1 is 1.18 bits per heavy atom. The minimum atomic E-state index is -4.68. The van der Waals surface area contributed by atoms with Gasteiger partial charge in [-0.1, -0.05) is 26.0 Å². The van der Waals surface area contributed by atoms with Crippen LogP contribution in [-0.4, -0.2) is 31.1 Å². The van der Waals surface area contributed by atoms with Crippen molar-refractivity contribution in [1.82, 2.24) is 10.2 Å². The van der Waals surface area contributed by atoms with Gasteiger partial charge in [-0.2, -0.15) is 13.2 Å². The first kappa shape index (κ1) is 17.2. The molecule has 0 amide bonds. The van der Waals surface area contributed by atoms with Gasteiger partial charge in [0, 0.05) is 32.2 Å². The Morgan fingerprint density at radius 3 is 2.36 bits per heavy atom. The lowest BCUT2D eigenvalue weighted by Gasteiger charge is -2.37. The first-order valence-electron chi connectivity index (χ1n) is 7.61. The minimum Gasteiger partial charge on any atom is -0.314 e. The molecule has 1 aliphatic heterocycles. The molecular formula is C16H22F4N2. The van der Waals surface area contributed by atoms with Gasteiger partial charge in [-0.25, -0.2) is 4.39 Å². The first-order valence-corrected chi connectivity index (χ1v) is 7.61. The standard InChI is InChI=1S/C16H22F4N2/c1-11(2)10-14(22-8-6-21-7-9-22)12-4-3-5-13(17)15(12)16(18,19)20/h3-5,11,14,21H,6-10H2,1-2H3/t14-/m1/s1. The highest BCUT2D eigenvalue weighted by molar-refractivity contribution is 5.34. The molecule has 2 rings (SSSR count). The van der Waals surface area contributed by atoms with Crippen LogP contribution in [0.5, 0.6) is 0 Å². The summed E-state index contributed by atoms with van der Waals surface area (Å²) in [5.74, 6) is -0.960. The van der Waals surface area contributed by atoms with E-state index in [1.54, 1.807) is 0 Å². The monoisotopic (exact) mass is 318 g/mol. The van der Waals surface area contributed by atoms with E-state index < -0.39 is 23.6 Å². The predicted molar refractivity (Wildman–Crippen MR) is 78.0 cm³/mol. The maximum atomic E-state index is 13.9. The van der Waals surface area contributed by atoms with Crippen molar-refractivity contribution >= 4 is 0 Å². The van der Waals surface area contributed by atoms with E-state index in [1.807, 2.05) is 18.7 Å². The second-order valence-corrected chi connectivity index (χ2v) is 6.13. The Bertz CT molecular complexity index is 493. The molecule has 124 valence electrons. The summed E-state index contributed by atoms with van der Waals surface area (Å²) in [6.45, 7) is 6.77. The summed E-state index contributed by atoms with van der Waals surface area (Å²) in [5, 5.41) is 3.19.